The molecule has 0 fully saturated rings. The standard InChI is InChI=1S/C9H16N4O3/c1-5-16-11-7(3)9(12-15)6(2)10-13(4)8(9)14/h12,15H,5H2,1-4H3/b11-7-. The highest BCUT2D eigenvalue weighted by molar-refractivity contribution is 6.32. The third-order valence-electron chi connectivity index (χ3n) is 2.50. The monoisotopic (exact) mass is 228 g/mol. The van der Waals surface area contributed by atoms with Crippen LogP contribution in [-0.2, 0) is 9.63 Å². The van der Waals surface area contributed by atoms with E-state index in [0.29, 0.717) is 18.0 Å². The summed E-state index contributed by atoms with van der Waals surface area (Å²) in [4.78, 5) is 16.8. The van der Waals surface area contributed by atoms with Gasteiger partial charge >= 0.3 is 0 Å². The SMILES string of the molecule is CCO/N=C(/C)C1(NO)C(=O)N(C)N=C1C. The number of carbonyl (C=O) groups is 1. The molecule has 1 atom stereocenters. The average Bonchev–Trinajstić information content (AvgIpc) is 2.48. The van der Waals surface area contributed by atoms with Crippen LogP contribution in [0.3, 0.4) is 0 Å². The Morgan fingerprint density at radius 1 is 1.75 bits per heavy atom. The molecule has 1 aliphatic heterocycles. The smallest absolute Gasteiger partial charge is 0.276 e. The molecule has 0 aromatic heterocycles. The lowest BCUT2D eigenvalue weighted by atomic mass is 9.90. The quantitative estimate of drug-likeness (QED) is 0.522. The number of nitrogens with one attached hydrogen (secondary N) is 1. The molecule has 16 heavy (non-hydrogen) atoms. The minimum absolute atomic E-state index is 0.312. The van der Waals surface area contributed by atoms with Gasteiger partial charge in [0.2, 0.25) is 5.54 Å². The van der Waals surface area contributed by atoms with E-state index in [4.69, 9.17) is 4.84 Å². The topological polar surface area (TPSA) is 86.5 Å². The van der Waals surface area contributed by atoms with Crippen LogP contribution in [0.4, 0.5) is 0 Å². The molecule has 1 aliphatic rings. The van der Waals surface area contributed by atoms with Crippen LogP contribution >= 0.6 is 0 Å². The number of hydroxylamine groups is 1. The van der Waals surface area contributed by atoms with Crippen molar-refractivity contribution >= 4 is 17.3 Å². The molecule has 0 bridgehead atoms. The van der Waals surface area contributed by atoms with Gasteiger partial charge in [0, 0.05) is 7.05 Å². The van der Waals surface area contributed by atoms with Crippen LogP contribution in [0.15, 0.2) is 10.3 Å². The van der Waals surface area contributed by atoms with Crippen molar-refractivity contribution < 1.29 is 14.8 Å². The lowest BCUT2D eigenvalue weighted by Crippen LogP contribution is -2.60. The van der Waals surface area contributed by atoms with E-state index in [1.54, 1.807) is 20.8 Å². The van der Waals surface area contributed by atoms with Gasteiger partial charge in [-0.1, -0.05) is 5.16 Å². The predicted octanol–water partition coefficient (Wildman–Crippen LogP) is -0.0357. The maximum Gasteiger partial charge on any atom is 0.276 e. The Bertz CT molecular complexity index is 353. The van der Waals surface area contributed by atoms with Gasteiger partial charge in [-0.05, 0) is 20.8 Å². The lowest BCUT2D eigenvalue weighted by molar-refractivity contribution is -0.133. The van der Waals surface area contributed by atoms with Gasteiger partial charge in [0.25, 0.3) is 5.91 Å². The fourth-order valence-corrected chi connectivity index (χ4v) is 1.60. The van der Waals surface area contributed by atoms with Gasteiger partial charge < -0.3 is 10.0 Å². The van der Waals surface area contributed by atoms with Gasteiger partial charge in [-0.15, -0.1) is 0 Å². The molecule has 0 aromatic rings. The molecule has 0 radical (unpaired) electrons. The number of hydrogen-bond acceptors (Lipinski definition) is 6. The summed E-state index contributed by atoms with van der Waals surface area (Å²) in [7, 11) is 1.51. The van der Waals surface area contributed by atoms with Gasteiger partial charge in [-0.25, -0.2) is 5.01 Å². The van der Waals surface area contributed by atoms with Crippen LogP contribution in [0, 0.1) is 0 Å². The first-order chi connectivity index (χ1) is 7.50. The number of likely N-dealkylation sites (N-methyl/N-ethyl adjacent to an activating group) is 1. The highest BCUT2D eigenvalue weighted by Gasteiger charge is 2.51. The summed E-state index contributed by atoms with van der Waals surface area (Å²) in [6.07, 6.45) is 0. The second-order valence-corrected chi connectivity index (χ2v) is 3.47. The van der Waals surface area contributed by atoms with Crippen molar-refractivity contribution in [1.29, 1.82) is 0 Å². The lowest BCUT2D eigenvalue weighted by Gasteiger charge is -2.24. The first kappa shape index (κ1) is 12.6. The molecule has 0 aliphatic carbocycles. The second kappa shape index (κ2) is 4.58. The molecule has 7 heteroatoms. The zero-order valence-corrected chi connectivity index (χ0v) is 9.81. The molecular formula is C9H16N4O3. The van der Waals surface area contributed by atoms with E-state index in [2.05, 4.69) is 10.3 Å². The van der Waals surface area contributed by atoms with Crippen molar-refractivity contribution in [2.45, 2.75) is 26.3 Å². The van der Waals surface area contributed by atoms with E-state index in [1.807, 2.05) is 5.48 Å². The fourth-order valence-electron chi connectivity index (χ4n) is 1.60. The average molecular weight is 228 g/mol. The molecule has 0 aromatic carbocycles. The van der Waals surface area contributed by atoms with Crippen LogP contribution in [0.25, 0.3) is 0 Å². The van der Waals surface area contributed by atoms with Crippen molar-refractivity contribution in [2.75, 3.05) is 13.7 Å². The third-order valence-corrected chi connectivity index (χ3v) is 2.50. The van der Waals surface area contributed by atoms with Crippen LogP contribution in [-0.4, -0.2) is 46.7 Å². The predicted molar refractivity (Wildman–Crippen MR) is 58.3 cm³/mol. The minimum Gasteiger partial charge on any atom is -0.396 e. The van der Waals surface area contributed by atoms with E-state index < -0.39 is 11.4 Å². The Kier molecular flexibility index (Phi) is 3.61. The van der Waals surface area contributed by atoms with Crippen molar-refractivity contribution in [1.82, 2.24) is 10.5 Å². The number of oxime groups is 1. The third kappa shape index (κ3) is 1.68. The fraction of sp³-hybridized carbons (Fsp3) is 0.667. The van der Waals surface area contributed by atoms with E-state index in [0.717, 1.165) is 5.01 Å². The van der Waals surface area contributed by atoms with Crippen LogP contribution in [0.2, 0.25) is 0 Å². The van der Waals surface area contributed by atoms with Crippen molar-refractivity contribution in [2.24, 2.45) is 10.3 Å². The largest absolute Gasteiger partial charge is 0.396 e. The normalized spacial score (nSPS) is 26.1. The molecule has 0 saturated heterocycles. The number of amides is 1. The van der Waals surface area contributed by atoms with Crippen LogP contribution in [0.5, 0.6) is 0 Å². The number of rotatable bonds is 4. The van der Waals surface area contributed by atoms with Gasteiger partial charge in [0.05, 0.1) is 11.4 Å². The molecule has 7 nitrogen and oxygen atoms in total. The summed E-state index contributed by atoms with van der Waals surface area (Å²) in [5, 5.41) is 18.1. The Balaban J connectivity index is 3.12. The minimum atomic E-state index is -1.40. The summed E-state index contributed by atoms with van der Waals surface area (Å²) in [6, 6.07) is 0. The van der Waals surface area contributed by atoms with E-state index in [-0.39, 0.29) is 0 Å². The molecule has 90 valence electrons. The number of hydrazone groups is 1. The highest BCUT2D eigenvalue weighted by Crippen LogP contribution is 2.21. The van der Waals surface area contributed by atoms with Crippen molar-refractivity contribution in [3.05, 3.63) is 0 Å². The molecule has 1 rings (SSSR count). The Labute approximate surface area is 93.7 Å². The summed E-state index contributed by atoms with van der Waals surface area (Å²) in [5.41, 5.74) is 1.32. The van der Waals surface area contributed by atoms with E-state index >= 15 is 0 Å². The molecule has 1 amide bonds. The summed E-state index contributed by atoms with van der Waals surface area (Å²) < 4.78 is 0. The summed E-state index contributed by atoms with van der Waals surface area (Å²) in [6.45, 7) is 5.39. The second-order valence-electron chi connectivity index (χ2n) is 3.47. The number of carbonyl (C=O) groups excluding carboxylic acids is 1. The maximum atomic E-state index is 11.9. The Morgan fingerprint density at radius 2 is 2.38 bits per heavy atom. The Morgan fingerprint density at radius 3 is 2.75 bits per heavy atom. The van der Waals surface area contributed by atoms with E-state index in [9.17, 15) is 10.0 Å². The summed E-state index contributed by atoms with van der Waals surface area (Å²) >= 11 is 0. The van der Waals surface area contributed by atoms with Gasteiger partial charge in [0.15, 0.2) is 0 Å². The van der Waals surface area contributed by atoms with Gasteiger partial charge in [0.1, 0.15) is 6.61 Å². The van der Waals surface area contributed by atoms with Crippen LogP contribution < -0.4 is 5.48 Å². The van der Waals surface area contributed by atoms with Crippen molar-refractivity contribution in [3.63, 3.8) is 0 Å². The zero-order valence-electron chi connectivity index (χ0n) is 9.81. The number of hydrogen-bond donors (Lipinski definition) is 2. The number of nitrogens with zero attached hydrogens (tertiary/aromatic N) is 3. The first-order valence-electron chi connectivity index (χ1n) is 4.92. The van der Waals surface area contributed by atoms with Gasteiger partial charge in [-0.3, -0.25) is 4.79 Å². The molecule has 0 saturated carbocycles. The first-order valence-corrected chi connectivity index (χ1v) is 4.92. The van der Waals surface area contributed by atoms with Crippen LogP contribution in [0.1, 0.15) is 20.8 Å². The maximum absolute atomic E-state index is 11.9. The molecule has 1 unspecified atom stereocenters. The molecule has 0 spiro atoms. The summed E-state index contributed by atoms with van der Waals surface area (Å²) in [5.74, 6) is -0.395. The molecular weight excluding hydrogens is 212 g/mol. The highest BCUT2D eigenvalue weighted by atomic mass is 16.6. The molecule has 2 N–H and O–H groups in total. The van der Waals surface area contributed by atoms with E-state index in [1.165, 1.54) is 7.05 Å². The zero-order chi connectivity index (χ0) is 12.3. The Hall–Kier alpha value is -1.47. The molecule has 1 heterocycles. The van der Waals surface area contributed by atoms with Gasteiger partial charge in [-0.2, -0.15) is 10.6 Å². The van der Waals surface area contributed by atoms with Crippen molar-refractivity contribution in [3.8, 4) is 0 Å².